The van der Waals surface area contributed by atoms with Gasteiger partial charge in [0.1, 0.15) is 0 Å². The molecule has 1 heterocycles. The Bertz CT molecular complexity index is 365. The minimum atomic E-state index is 0.615. The molecule has 1 aromatic carbocycles. The van der Waals surface area contributed by atoms with E-state index in [2.05, 4.69) is 24.0 Å². The van der Waals surface area contributed by atoms with Crippen LogP contribution in [0.1, 0.15) is 25.3 Å². The largest absolute Gasteiger partial charge is 0.369 e. The molecule has 2 nitrogen and oxygen atoms in total. The third-order valence-electron chi connectivity index (χ3n) is 2.86. The SMILES string of the molecule is CC1CCCN1c1cccc(C#N)c1. The summed E-state index contributed by atoms with van der Waals surface area (Å²) in [6.07, 6.45) is 2.52. The van der Waals surface area contributed by atoms with E-state index in [0.717, 1.165) is 12.1 Å². The number of benzene rings is 1. The Morgan fingerprint density at radius 3 is 3.00 bits per heavy atom. The highest BCUT2D eigenvalue weighted by atomic mass is 15.2. The molecule has 1 atom stereocenters. The first-order valence-electron chi connectivity index (χ1n) is 5.08. The van der Waals surface area contributed by atoms with Crippen LogP contribution in [-0.4, -0.2) is 12.6 Å². The van der Waals surface area contributed by atoms with Crippen molar-refractivity contribution in [3.63, 3.8) is 0 Å². The Morgan fingerprint density at radius 2 is 2.36 bits per heavy atom. The van der Waals surface area contributed by atoms with Gasteiger partial charge in [-0.25, -0.2) is 0 Å². The summed E-state index contributed by atoms with van der Waals surface area (Å²) in [7, 11) is 0. The maximum absolute atomic E-state index is 8.80. The zero-order chi connectivity index (χ0) is 9.97. The monoisotopic (exact) mass is 186 g/mol. The number of rotatable bonds is 1. The lowest BCUT2D eigenvalue weighted by Gasteiger charge is -2.23. The van der Waals surface area contributed by atoms with E-state index < -0.39 is 0 Å². The highest BCUT2D eigenvalue weighted by molar-refractivity contribution is 5.52. The molecular formula is C12H14N2. The molecule has 0 bridgehead atoms. The molecule has 1 aliphatic heterocycles. The van der Waals surface area contributed by atoms with Crippen LogP contribution in [0.15, 0.2) is 24.3 Å². The second kappa shape index (κ2) is 3.71. The van der Waals surface area contributed by atoms with Crippen LogP contribution < -0.4 is 4.90 Å². The Morgan fingerprint density at radius 1 is 1.50 bits per heavy atom. The van der Waals surface area contributed by atoms with Crippen LogP contribution >= 0.6 is 0 Å². The van der Waals surface area contributed by atoms with Gasteiger partial charge in [-0.2, -0.15) is 5.26 Å². The maximum atomic E-state index is 8.80. The van der Waals surface area contributed by atoms with E-state index in [4.69, 9.17) is 5.26 Å². The fraction of sp³-hybridized carbons (Fsp3) is 0.417. The lowest BCUT2D eigenvalue weighted by Crippen LogP contribution is -2.26. The molecule has 1 unspecified atom stereocenters. The summed E-state index contributed by atoms with van der Waals surface area (Å²) in [5, 5.41) is 8.80. The van der Waals surface area contributed by atoms with Crippen LogP contribution in [0.4, 0.5) is 5.69 Å². The van der Waals surface area contributed by atoms with Gasteiger partial charge in [0.15, 0.2) is 0 Å². The van der Waals surface area contributed by atoms with Crippen molar-refractivity contribution in [3.05, 3.63) is 29.8 Å². The molecule has 0 spiro atoms. The van der Waals surface area contributed by atoms with Crippen LogP contribution in [0.5, 0.6) is 0 Å². The smallest absolute Gasteiger partial charge is 0.0992 e. The number of nitriles is 1. The molecule has 2 rings (SSSR count). The Balaban J connectivity index is 2.28. The Hall–Kier alpha value is -1.49. The fourth-order valence-corrected chi connectivity index (χ4v) is 2.07. The van der Waals surface area contributed by atoms with Gasteiger partial charge in [-0.3, -0.25) is 0 Å². The summed E-state index contributed by atoms with van der Waals surface area (Å²) in [5.41, 5.74) is 1.94. The second-order valence-electron chi connectivity index (χ2n) is 3.85. The average Bonchev–Trinajstić information content (AvgIpc) is 2.65. The first-order valence-corrected chi connectivity index (χ1v) is 5.08. The summed E-state index contributed by atoms with van der Waals surface area (Å²) in [5.74, 6) is 0. The molecule has 72 valence electrons. The quantitative estimate of drug-likeness (QED) is 0.674. The lowest BCUT2D eigenvalue weighted by atomic mass is 10.2. The minimum Gasteiger partial charge on any atom is -0.369 e. The summed E-state index contributed by atoms with van der Waals surface area (Å²) in [6, 6.07) is 10.7. The Labute approximate surface area is 84.8 Å². The second-order valence-corrected chi connectivity index (χ2v) is 3.85. The van der Waals surface area contributed by atoms with Crippen LogP contribution in [0.2, 0.25) is 0 Å². The molecule has 1 saturated heterocycles. The van der Waals surface area contributed by atoms with E-state index in [0.29, 0.717) is 6.04 Å². The molecule has 0 aromatic heterocycles. The van der Waals surface area contributed by atoms with Gasteiger partial charge < -0.3 is 4.90 Å². The van der Waals surface area contributed by atoms with Gasteiger partial charge in [-0.1, -0.05) is 6.07 Å². The van der Waals surface area contributed by atoms with Gasteiger partial charge in [0.05, 0.1) is 11.6 Å². The first-order chi connectivity index (χ1) is 6.81. The molecule has 2 heteroatoms. The molecule has 0 saturated carbocycles. The molecule has 0 amide bonds. The maximum Gasteiger partial charge on any atom is 0.0992 e. The molecule has 0 radical (unpaired) electrons. The predicted octanol–water partition coefficient (Wildman–Crippen LogP) is 2.55. The minimum absolute atomic E-state index is 0.615. The molecule has 0 aliphatic carbocycles. The highest BCUT2D eigenvalue weighted by Crippen LogP contribution is 2.25. The third kappa shape index (κ3) is 1.58. The normalized spacial score (nSPS) is 20.9. The summed E-state index contributed by atoms with van der Waals surface area (Å²) in [4.78, 5) is 2.38. The van der Waals surface area contributed by atoms with Gasteiger partial charge in [0, 0.05) is 18.3 Å². The van der Waals surface area contributed by atoms with Crippen LogP contribution in [0.25, 0.3) is 0 Å². The third-order valence-corrected chi connectivity index (χ3v) is 2.86. The van der Waals surface area contributed by atoms with Gasteiger partial charge in [-0.05, 0) is 38.0 Å². The van der Waals surface area contributed by atoms with Gasteiger partial charge in [0.25, 0.3) is 0 Å². The lowest BCUT2D eigenvalue weighted by molar-refractivity contribution is 0.735. The molecule has 1 fully saturated rings. The zero-order valence-electron chi connectivity index (χ0n) is 8.40. The van der Waals surface area contributed by atoms with Gasteiger partial charge >= 0.3 is 0 Å². The van der Waals surface area contributed by atoms with Gasteiger partial charge in [0.2, 0.25) is 0 Å². The van der Waals surface area contributed by atoms with Gasteiger partial charge in [-0.15, -0.1) is 0 Å². The van der Waals surface area contributed by atoms with Crippen molar-refractivity contribution in [2.75, 3.05) is 11.4 Å². The number of hydrogen-bond acceptors (Lipinski definition) is 2. The molecular weight excluding hydrogens is 172 g/mol. The summed E-state index contributed by atoms with van der Waals surface area (Å²) in [6.45, 7) is 3.36. The Kier molecular flexibility index (Phi) is 2.41. The molecule has 14 heavy (non-hydrogen) atoms. The fourth-order valence-electron chi connectivity index (χ4n) is 2.07. The summed E-state index contributed by atoms with van der Waals surface area (Å²) < 4.78 is 0. The van der Waals surface area contributed by atoms with Crippen molar-refractivity contribution >= 4 is 5.69 Å². The molecule has 1 aliphatic rings. The van der Waals surface area contributed by atoms with E-state index in [-0.39, 0.29) is 0 Å². The van der Waals surface area contributed by atoms with E-state index in [1.165, 1.54) is 18.5 Å². The van der Waals surface area contributed by atoms with Crippen LogP contribution in [-0.2, 0) is 0 Å². The standard InChI is InChI=1S/C12H14N2/c1-10-4-3-7-14(10)12-6-2-5-11(8-12)9-13/h2,5-6,8,10H,3-4,7H2,1H3. The molecule has 0 N–H and O–H groups in total. The van der Waals surface area contributed by atoms with Crippen molar-refractivity contribution in [3.8, 4) is 6.07 Å². The number of nitrogens with zero attached hydrogens (tertiary/aromatic N) is 2. The zero-order valence-corrected chi connectivity index (χ0v) is 8.40. The van der Waals surface area contributed by atoms with Crippen molar-refractivity contribution in [2.24, 2.45) is 0 Å². The van der Waals surface area contributed by atoms with E-state index in [1.807, 2.05) is 18.2 Å². The number of anilines is 1. The van der Waals surface area contributed by atoms with E-state index in [9.17, 15) is 0 Å². The molecule has 1 aromatic rings. The van der Waals surface area contributed by atoms with Crippen molar-refractivity contribution in [1.29, 1.82) is 5.26 Å². The average molecular weight is 186 g/mol. The first kappa shape index (κ1) is 9.08. The van der Waals surface area contributed by atoms with E-state index >= 15 is 0 Å². The highest BCUT2D eigenvalue weighted by Gasteiger charge is 2.20. The van der Waals surface area contributed by atoms with Crippen LogP contribution in [0.3, 0.4) is 0 Å². The summed E-state index contributed by atoms with van der Waals surface area (Å²) >= 11 is 0. The van der Waals surface area contributed by atoms with E-state index in [1.54, 1.807) is 0 Å². The topological polar surface area (TPSA) is 27.0 Å². The van der Waals surface area contributed by atoms with Crippen molar-refractivity contribution in [2.45, 2.75) is 25.8 Å². The van der Waals surface area contributed by atoms with Crippen LogP contribution in [0, 0.1) is 11.3 Å². The predicted molar refractivity (Wildman–Crippen MR) is 57.2 cm³/mol. The van der Waals surface area contributed by atoms with Crippen molar-refractivity contribution in [1.82, 2.24) is 0 Å². The number of hydrogen-bond donors (Lipinski definition) is 0. The van der Waals surface area contributed by atoms with Crippen molar-refractivity contribution < 1.29 is 0 Å².